The molecule has 0 spiro atoms. The summed E-state index contributed by atoms with van der Waals surface area (Å²) in [6, 6.07) is 14.5. The van der Waals surface area contributed by atoms with Gasteiger partial charge in [0.2, 0.25) is 11.8 Å². The number of hydrogen-bond donors (Lipinski definition) is 1. The van der Waals surface area contributed by atoms with E-state index >= 15 is 0 Å². The van der Waals surface area contributed by atoms with Crippen molar-refractivity contribution in [1.82, 2.24) is 10.2 Å². The zero-order valence-electron chi connectivity index (χ0n) is 17.6. The van der Waals surface area contributed by atoms with Gasteiger partial charge in [0.05, 0.1) is 13.5 Å². The average Bonchev–Trinajstić information content (AvgIpc) is 3.25. The molecule has 2 aromatic carbocycles. The molecule has 1 saturated carbocycles. The Balaban J connectivity index is 1.76. The van der Waals surface area contributed by atoms with Gasteiger partial charge in [0, 0.05) is 17.6 Å². The lowest BCUT2D eigenvalue weighted by Gasteiger charge is -2.30. The fraction of sp³-hybridized carbons (Fsp3) is 0.417. The Kier molecular flexibility index (Phi) is 7.75. The van der Waals surface area contributed by atoms with Crippen molar-refractivity contribution in [3.8, 4) is 5.75 Å². The van der Waals surface area contributed by atoms with E-state index in [0.29, 0.717) is 11.6 Å². The lowest BCUT2D eigenvalue weighted by atomic mass is 10.1. The molecule has 6 heteroatoms. The van der Waals surface area contributed by atoms with Gasteiger partial charge in [-0.3, -0.25) is 9.59 Å². The van der Waals surface area contributed by atoms with E-state index < -0.39 is 6.04 Å². The van der Waals surface area contributed by atoms with Gasteiger partial charge in [-0.05, 0) is 55.2 Å². The lowest BCUT2D eigenvalue weighted by Crippen LogP contribution is -2.50. The molecule has 0 heterocycles. The van der Waals surface area contributed by atoms with Crippen LogP contribution < -0.4 is 10.1 Å². The molecule has 160 valence electrons. The highest BCUT2D eigenvalue weighted by Gasteiger charge is 2.28. The van der Waals surface area contributed by atoms with Gasteiger partial charge in [0.25, 0.3) is 0 Å². The van der Waals surface area contributed by atoms with E-state index in [9.17, 15) is 9.59 Å². The van der Waals surface area contributed by atoms with Gasteiger partial charge in [0.15, 0.2) is 0 Å². The Labute approximate surface area is 183 Å². The van der Waals surface area contributed by atoms with Crippen LogP contribution in [0.1, 0.15) is 43.7 Å². The second-order valence-electron chi connectivity index (χ2n) is 7.84. The third-order valence-corrected chi connectivity index (χ3v) is 5.86. The smallest absolute Gasteiger partial charge is 0.242 e. The summed E-state index contributed by atoms with van der Waals surface area (Å²) < 4.78 is 5.21. The van der Waals surface area contributed by atoms with Crippen LogP contribution in [-0.2, 0) is 22.6 Å². The van der Waals surface area contributed by atoms with E-state index in [1.807, 2.05) is 36.4 Å². The second-order valence-corrected chi connectivity index (χ2v) is 8.28. The van der Waals surface area contributed by atoms with Crippen LogP contribution in [0.15, 0.2) is 48.5 Å². The molecule has 5 nitrogen and oxygen atoms in total. The quantitative estimate of drug-likeness (QED) is 0.679. The molecule has 0 aliphatic heterocycles. The lowest BCUT2D eigenvalue weighted by molar-refractivity contribution is -0.140. The Morgan fingerprint density at radius 3 is 2.47 bits per heavy atom. The molecular formula is C24H29ClN2O3. The van der Waals surface area contributed by atoms with Crippen molar-refractivity contribution in [3.63, 3.8) is 0 Å². The summed E-state index contributed by atoms with van der Waals surface area (Å²) in [5, 5.41) is 3.71. The number of halogens is 1. The van der Waals surface area contributed by atoms with Gasteiger partial charge in [-0.15, -0.1) is 0 Å². The zero-order valence-corrected chi connectivity index (χ0v) is 18.3. The molecular weight excluding hydrogens is 400 g/mol. The Hall–Kier alpha value is -2.53. The van der Waals surface area contributed by atoms with Crippen molar-refractivity contribution < 1.29 is 14.3 Å². The maximum atomic E-state index is 13.2. The van der Waals surface area contributed by atoms with Crippen molar-refractivity contribution in [1.29, 1.82) is 0 Å². The summed E-state index contributed by atoms with van der Waals surface area (Å²) in [6.07, 6.45) is 4.49. The maximum Gasteiger partial charge on any atom is 0.242 e. The molecule has 1 atom stereocenters. The minimum Gasteiger partial charge on any atom is -0.497 e. The SMILES string of the molecule is COc1ccc(CN(C(=O)Cc2cccc(Cl)c2)[C@@H](C)C(=O)NC2CCCC2)cc1. The van der Waals surface area contributed by atoms with Gasteiger partial charge in [-0.1, -0.05) is 48.7 Å². The van der Waals surface area contributed by atoms with Crippen LogP contribution in [0.3, 0.4) is 0 Å². The molecule has 0 bridgehead atoms. The van der Waals surface area contributed by atoms with E-state index in [0.717, 1.165) is 42.6 Å². The van der Waals surface area contributed by atoms with E-state index in [2.05, 4.69) is 5.32 Å². The monoisotopic (exact) mass is 428 g/mol. The van der Waals surface area contributed by atoms with Gasteiger partial charge in [-0.2, -0.15) is 0 Å². The van der Waals surface area contributed by atoms with Crippen LogP contribution in [0, 0.1) is 0 Å². The maximum absolute atomic E-state index is 13.2. The first-order chi connectivity index (χ1) is 14.5. The van der Waals surface area contributed by atoms with Gasteiger partial charge < -0.3 is 15.0 Å². The number of carbonyl (C=O) groups is 2. The number of nitrogens with zero attached hydrogens (tertiary/aromatic N) is 1. The fourth-order valence-electron chi connectivity index (χ4n) is 3.83. The van der Waals surface area contributed by atoms with E-state index in [-0.39, 0.29) is 24.3 Å². The number of hydrogen-bond acceptors (Lipinski definition) is 3. The number of rotatable bonds is 8. The average molecular weight is 429 g/mol. The second kappa shape index (κ2) is 10.5. The van der Waals surface area contributed by atoms with E-state index in [4.69, 9.17) is 16.3 Å². The van der Waals surface area contributed by atoms with Crippen LogP contribution in [0.2, 0.25) is 5.02 Å². The van der Waals surface area contributed by atoms with Crippen molar-refractivity contribution in [2.75, 3.05) is 7.11 Å². The molecule has 0 aromatic heterocycles. The van der Waals surface area contributed by atoms with Crippen LogP contribution in [-0.4, -0.2) is 35.9 Å². The van der Waals surface area contributed by atoms with Gasteiger partial charge in [0.1, 0.15) is 11.8 Å². The first kappa shape index (κ1) is 22.2. The van der Waals surface area contributed by atoms with Crippen molar-refractivity contribution in [3.05, 3.63) is 64.7 Å². The van der Waals surface area contributed by atoms with Crippen LogP contribution in [0.5, 0.6) is 5.75 Å². The molecule has 30 heavy (non-hydrogen) atoms. The highest BCUT2D eigenvalue weighted by atomic mass is 35.5. The summed E-state index contributed by atoms with van der Waals surface area (Å²) in [5.74, 6) is 0.541. The number of carbonyl (C=O) groups excluding carboxylic acids is 2. The van der Waals surface area contributed by atoms with Crippen LogP contribution in [0.25, 0.3) is 0 Å². The summed E-state index contributed by atoms with van der Waals surface area (Å²) >= 11 is 6.07. The molecule has 1 aliphatic rings. The normalized spacial score (nSPS) is 14.9. The first-order valence-electron chi connectivity index (χ1n) is 10.4. The number of nitrogens with one attached hydrogen (secondary N) is 1. The minimum absolute atomic E-state index is 0.102. The Bertz CT molecular complexity index is 863. The summed E-state index contributed by atoms with van der Waals surface area (Å²) in [6.45, 7) is 2.15. The van der Waals surface area contributed by atoms with Crippen molar-refractivity contribution in [2.24, 2.45) is 0 Å². The Morgan fingerprint density at radius 2 is 1.83 bits per heavy atom. The molecule has 1 N–H and O–H groups in total. The molecule has 3 rings (SSSR count). The highest BCUT2D eigenvalue weighted by Crippen LogP contribution is 2.20. The van der Waals surface area contributed by atoms with E-state index in [1.54, 1.807) is 31.1 Å². The van der Waals surface area contributed by atoms with Gasteiger partial charge >= 0.3 is 0 Å². The van der Waals surface area contributed by atoms with E-state index in [1.165, 1.54) is 0 Å². The van der Waals surface area contributed by atoms with Crippen LogP contribution in [0.4, 0.5) is 0 Å². The molecule has 0 radical (unpaired) electrons. The number of benzene rings is 2. The molecule has 1 fully saturated rings. The number of methoxy groups -OCH3 is 1. The Morgan fingerprint density at radius 1 is 1.13 bits per heavy atom. The summed E-state index contributed by atoms with van der Waals surface area (Å²) in [4.78, 5) is 27.8. The summed E-state index contributed by atoms with van der Waals surface area (Å²) in [5.41, 5.74) is 1.77. The zero-order chi connectivity index (χ0) is 21.5. The first-order valence-corrected chi connectivity index (χ1v) is 10.8. The third-order valence-electron chi connectivity index (χ3n) is 5.63. The summed E-state index contributed by atoms with van der Waals surface area (Å²) in [7, 11) is 1.62. The van der Waals surface area contributed by atoms with Crippen molar-refractivity contribution in [2.45, 2.75) is 57.7 Å². The van der Waals surface area contributed by atoms with Gasteiger partial charge in [-0.25, -0.2) is 0 Å². The fourth-order valence-corrected chi connectivity index (χ4v) is 4.04. The third kappa shape index (κ3) is 5.99. The van der Waals surface area contributed by atoms with Crippen molar-refractivity contribution >= 4 is 23.4 Å². The highest BCUT2D eigenvalue weighted by molar-refractivity contribution is 6.30. The minimum atomic E-state index is -0.570. The molecule has 0 saturated heterocycles. The topological polar surface area (TPSA) is 58.6 Å². The predicted octanol–water partition coefficient (Wildman–Crippen LogP) is 4.37. The molecule has 1 aliphatic carbocycles. The standard InChI is InChI=1S/C24H29ClN2O3/c1-17(24(29)26-21-8-3-4-9-21)27(16-18-10-12-22(30-2)13-11-18)23(28)15-19-6-5-7-20(25)14-19/h5-7,10-14,17,21H,3-4,8-9,15-16H2,1-2H3,(H,26,29)/t17-/m0/s1. The molecule has 2 amide bonds. The number of amides is 2. The number of ether oxygens (including phenoxy) is 1. The molecule has 0 unspecified atom stereocenters. The molecule has 2 aromatic rings. The predicted molar refractivity (Wildman–Crippen MR) is 119 cm³/mol. The largest absolute Gasteiger partial charge is 0.497 e. The van der Waals surface area contributed by atoms with Crippen LogP contribution >= 0.6 is 11.6 Å².